The van der Waals surface area contributed by atoms with E-state index in [0.29, 0.717) is 30.8 Å². The van der Waals surface area contributed by atoms with Crippen molar-refractivity contribution in [1.29, 1.82) is 0 Å². The molecular weight excluding hydrogens is 346 g/mol. The molecule has 0 spiro atoms. The van der Waals surface area contributed by atoms with Gasteiger partial charge in [0.05, 0.1) is 18.8 Å². The Morgan fingerprint density at radius 1 is 1.07 bits per heavy atom. The van der Waals surface area contributed by atoms with Gasteiger partial charge in [-0.2, -0.15) is 5.10 Å². The van der Waals surface area contributed by atoms with Crippen LogP contribution in [0.2, 0.25) is 0 Å². The van der Waals surface area contributed by atoms with Crippen LogP contribution >= 0.6 is 0 Å². The Morgan fingerprint density at radius 2 is 1.85 bits per heavy atom. The van der Waals surface area contributed by atoms with E-state index in [9.17, 15) is 14.7 Å². The molecule has 8 nitrogen and oxygen atoms in total. The van der Waals surface area contributed by atoms with E-state index in [0.717, 1.165) is 11.4 Å². The van der Waals surface area contributed by atoms with E-state index >= 15 is 0 Å². The summed E-state index contributed by atoms with van der Waals surface area (Å²) in [6.45, 7) is 1.08. The highest BCUT2D eigenvalue weighted by molar-refractivity contribution is 5.93. The summed E-state index contributed by atoms with van der Waals surface area (Å²) in [7, 11) is 0. The average Bonchev–Trinajstić information content (AvgIpc) is 3.07. The molecule has 0 saturated heterocycles. The number of carbonyl (C=O) groups is 2. The van der Waals surface area contributed by atoms with Crippen LogP contribution in [0.4, 0.5) is 0 Å². The maximum atomic E-state index is 12.7. The fraction of sp³-hybridized carbons (Fsp3) is 0.211. The predicted octanol–water partition coefficient (Wildman–Crippen LogP) is 1.62. The van der Waals surface area contributed by atoms with Gasteiger partial charge in [0.15, 0.2) is 5.69 Å². The lowest BCUT2D eigenvalue weighted by Gasteiger charge is -2.27. The zero-order chi connectivity index (χ0) is 18.8. The number of aromatic carboxylic acids is 1. The number of hydrogen-bond donors (Lipinski definition) is 1. The summed E-state index contributed by atoms with van der Waals surface area (Å²) in [6, 6.07) is 10.7. The molecule has 3 aromatic rings. The van der Waals surface area contributed by atoms with Crippen molar-refractivity contribution in [3.05, 3.63) is 77.1 Å². The molecule has 0 unspecified atom stereocenters. The van der Waals surface area contributed by atoms with Gasteiger partial charge in [-0.25, -0.2) is 4.79 Å². The van der Waals surface area contributed by atoms with Crippen molar-refractivity contribution in [1.82, 2.24) is 24.6 Å². The molecule has 1 aliphatic rings. The number of nitrogens with zero attached hydrogens (tertiary/aromatic N) is 5. The van der Waals surface area contributed by atoms with Crippen LogP contribution in [-0.2, 0) is 19.5 Å². The lowest BCUT2D eigenvalue weighted by atomic mass is 10.0. The highest BCUT2D eigenvalue weighted by atomic mass is 16.4. The Morgan fingerprint density at radius 3 is 2.52 bits per heavy atom. The van der Waals surface area contributed by atoms with E-state index < -0.39 is 5.97 Å². The summed E-state index contributed by atoms with van der Waals surface area (Å²) < 4.78 is 1.68. The molecule has 0 aliphatic carbocycles. The van der Waals surface area contributed by atoms with Crippen molar-refractivity contribution in [3.8, 4) is 0 Å². The minimum absolute atomic E-state index is 0.0144. The maximum absolute atomic E-state index is 12.7. The first kappa shape index (κ1) is 16.9. The van der Waals surface area contributed by atoms with Gasteiger partial charge in [0.1, 0.15) is 5.69 Å². The molecule has 0 bridgehead atoms. The van der Waals surface area contributed by atoms with Crippen LogP contribution in [0.15, 0.2) is 48.8 Å². The highest BCUT2D eigenvalue weighted by Crippen LogP contribution is 2.24. The number of rotatable bonds is 4. The Bertz CT molecular complexity index is 985. The lowest BCUT2D eigenvalue weighted by Crippen LogP contribution is -2.37. The van der Waals surface area contributed by atoms with Gasteiger partial charge in [-0.3, -0.25) is 19.4 Å². The van der Waals surface area contributed by atoms with Crippen LogP contribution in [0.25, 0.3) is 0 Å². The molecule has 136 valence electrons. The Balaban J connectivity index is 1.64. The summed E-state index contributed by atoms with van der Waals surface area (Å²) in [4.78, 5) is 34.3. The molecular formula is C19H17N5O3. The van der Waals surface area contributed by atoms with E-state index in [1.807, 2.05) is 18.2 Å². The number of carbonyl (C=O) groups excluding carboxylic acids is 1. The third-order valence-corrected chi connectivity index (χ3v) is 4.55. The second-order valence-corrected chi connectivity index (χ2v) is 6.25. The summed E-state index contributed by atoms with van der Waals surface area (Å²) >= 11 is 0. The SMILES string of the molecule is O=C(O)c1nn(Cc2ccccn2)c2c1CN(C(=O)c1ccccn1)CC2. The molecule has 1 amide bonds. The van der Waals surface area contributed by atoms with Crippen molar-refractivity contribution in [2.75, 3.05) is 6.54 Å². The number of carboxylic acids is 1. The number of carboxylic acid groups (broad SMARTS) is 1. The maximum Gasteiger partial charge on any atom is 0.356 e. The zero-order valence-electron chi connectivity index (χ0n) is 14.4. The van der Waals surface area contributed by atoms with E-state index in [2.05, 4.69) is 15.1 Å². The van der Waals surface area contributed by atoms with Crippen molar-refractivity contribution in [3.63, 3.8) is 0 Å². The second-order valence-electron chi connectivity index (χ2n) is 6.25. The van der Waals surface area contributed by atoms with Crippen LogP contribution in [0, 0.1) is 0 Å². The van der Waals surface area contributed by atoms with Gasteiger partial charge in [-0.1, -0.05) is 12.1 Å². The summed E-state index contributed by atoms with van der Waals surface area (Å²) in [5.41, 5.74) is 2.54. The lowest BCUT2D eigenvalue weighted by molar-refractivity contribution is 0.0673. The predicted molar refractivity (Wildman–Crippen MR) is 95.2 cm³/mol. The minimum atomic E-state index is -1.10. The zero-order valence-corrected chi connectivity index (χ0v) is 14.4. The van der Waals surface area contributed by atoms with Gasteiger partial charge in [0, 0.05) is 36.6 Å². The molecule has 0 saturated carbocycles. The Kier molecular flexibility index (Phi) is 4.37. The van der Waals surface area contributed by atoms with Crippen molar-refractivity contribution in [2.24, 2.45) is 0 Å². The standard InChI is InChI=1S/C19H17N5O3/c25-18(15-6-2-4-9-21-15)23-10-7-16-14(12-23)17(19(26)27)22-24(16)11-13-5-1-3-8-20-13/h1-6,8-9H,7,10-12H2,(H,26,27). The molecule has 27 heavy (non-hydrogen) atoms. The van der Waals surface area contributed by atoms with Crippen LogP contribution in [0.3, 0.4) is 0 Å². The third-order valence-electron chi connectivity index (χ3n) is 4.55. The molecule has 3 aromatic heterocycles. The van der Waals surface area contributed by atoms with Gasteiger partial charge in [-0.15, -0.1) is 0 Å². The van der Waals surface area contributed by atoms with E-state index in [-0.39, 0.29) is 18.1 Å². The number of aromatic nitrogens is 4. The summed E-state index contributed by atoms with van der Waals surface area (Å²) in [5.74, 6) is -1.31. The molecule has 0 aromatic carbocycles. The van der Waals surface area contributed by atoms with Crippen molar-refractivity contribution < 1.29 is 14.7 Å². The number of fused-ring (bicyclic) bond motifs is 1. The van der Waals surface area contributed by atoms with E-state index in [4.69, 9.17) is 0 Å². The summed E-state index contributed by atoms with van der Waals surface area (Å²) in [6.07, 6.45) is 3.79. The van der Waals surface area contributed by atoms with Gasteiger partial charge in [0.25, 0.3) is 5.91 Å². The summed E-state index contributed by atoms with van der Waals surface area (Å²) in [5, 5.41) is 13.8. The minimum Gasteiger partial charge on any atom is -0.476 e. The van der Waals surface area contributed by atoms with Crippen LogP contribution in [0.1, 0.15) is 37.9 Å². The first-order chi connectivity index (χ1) is 13.1. The number of amides is 1. The fourth-order valence-corrected chi connectivity index (χ4v) is 3.26. The molecule has 1 aliphatic heterocycles. The first-order valence-corrected chi connectivity index (χ1v) is 8.55. The second kappa shape index (κ2) is 6.99. The van der Waals surface area contributed by atoms with Gasteiger partial charge >= 0.3 is 5.97 Å². The van der Waals surface area contributed by atoms with Crippen molar-refractivity contribution >= 4 is 11.9 Å². The first-order valence-electron chi connectivity index (χ1n) is 8.55. The largest absolute Gasteiger partial charge is 0.476 e. The monoisotopic (exact) mass is 363 g/mol. The smallest absolute Gasteiger partial charge is 0.356 e. The number of hydrogen-bond acceptors (Lipinski definition) is 5. The third kappa shape index (κ3) is 3.29. The van der Waals surface area contributed by atoms with Crippen LogP contribution in [-0.4, -0.2) is 48.2 Å². The average molecular weight is 363 g/mol. The normalized spacial score (nSPS) is 13.3. The Hall–Kier alpha value is -3.55. The Labute approximate surface area is 155 Å². The van der Waals surface area contributed by atoms with Crippen molar-refractivity contribution in [2.45, 2.75) is 19.5 Å². The van der Waals surface area contributed by atoms with Gasteiger partial charge < -0.3 is 10.0 Å². The molecule has 0 fully saturated rings. The van der Waals surface area contributed by atoms with Gasteiger partial charge in [-0.05, 0) is 24.3 Å². The molecule has 0 radical (unpaired) electrons. The molecule has 4 rings (SSSR count). The quantitative estimate of drug-likeness (QED) is 0.756. The molecule has 4 heterocycles. The number of pyridine rings is 2. The molecule has 8 heteroatoms. The highest BCUT2D eigenvalue weighted by Gasteiger charge is 2.30. The molecule has 1 N–H and O–H groups in total. The van der Waals surface area contributed by atoms with Crippen LogP contribution in [0.5, 0.6) is 0 Å². The van der Waals surface area contributed by atoms with E-state index in [1.54, 1.807) is 40.2 Å². The van der Waals surface area contributed by atoms with E-state index in [1.165, 1.54) is 0 Å². The van der Waals surface area contributed by atoms with Crippen LogP contribution < -0.4 is 0 Å². The van der Waals surface area contributed by atoms with Gasteiger partial charge in [0.2, 0.25) is 0 Å². The topological polar surface area (TPSA) is 101 Å². The fourth-order valence-electron chi connectivity index (χ4n) is 3.26. The molecule has 0 atom stereocenters.